The van der Waals surface area contributed by atoms with E-state index in [4.69, 9.17) is 14.5 Å². The second kappa shape index (κ2) is 11.6. The van der Waals surface area contributed by atoms with E-state index in [1.54, 1.807) is 14.2 Å². The van der Waals surface area contributed by atoms with Crippen LogP contribution in [0, 0.1) is 0 Å². The summed E-state index contributed by atoms with van der Waals surface area (Å²) in [6, 6.07) is 5.45. The number of rotatable bonds is 4. The normalized spacial score (nSPS) is 21.3. The number of aromatic nitrogens is 1. The van der Waals surface area contributed by atoms with Crippen molar-refractivity contribution in [3.63, 3.8) is 0 Å². The van der Waals surface area contributed by atoms with Gasteiger partial charge in [0.2, 0.25) is 0 Å². The van der Waals surface area contributed by atoms with Crippen LogP contribution in [0.4, 0.5) is 0 Å². The van der Waals surface area contributed by atoms with Crippen molar-refractivity contribution < 1.29 is 65.3 Å². The van der Waals surface area contributed by atoms with Crippen LogP contribution in [0.25, 0.3) is 0 Å². The van der Waals surface area contributed by atoms with Gasteiger partial charge in [-0.05, 0) is 48.6 Å². The molecule has 2 aliphatic heterocycles. The Labute approximate surface area is 216 Å². The van der Waals surface area contributed by atoms with E-state index in [-0.39, 0.29) is 67.9 Å². The predicted octanol–water partition coefficient (Wildman–Crippen LogP) is -6.57. The van der Waals surface area contributed by atoms with Crippen molar-refractivity contribution in [2.45, 2.75) is 12.1 Å². The molecule has 0 saturated heterocycles. The molecule has 32 heavy (non-hydrogen) atoms. The third-order valence-electron chi connectivity index (χ3n) is 4.76. The smallest absolute Gasteiger partial charge is 1.00 e. The summed E-state index contributed by atoms with van der Waals surface area (Å²) in [6.07, 6.45) is 11.5. The summed E-state index contributed by atoms with van der Waals surface area (Å²) < 4.78 is 10.5. The van der Waals surface area contributed by atoms with Crippen LogP contribution in [-0.4, -0.2) is 54.4 Å². The Morgan fingerprint density at radius 3 is 1.53 bits per heavy atom. The first-order chi connectivity index (χ1) is 13.7. The van der Waals surface area contributed by atoms with Crippen molar-refractivity contribution in [2.75, 3.05) is 14.2 Å². The fourth-order valence-corrected chi connectivity index (χ4v) is 3.31. The maximum absolute atomic E-state index is 5.27. The van der Waals surface area contributed by atoms with Crippen LogP contribution in [0.15, 0.2) is 86.1 Å². The van der Waals surface area contributed by atoms with E-state index in [0.29, 0.717) is 23.1 Å². The van der Waals surface area contributed by atoms with Gasteiger partial charge in [-0.2, -0.15) is 0 Å². The number of fused-ring (bicyclic) bond motifs is 2. The molecule has 0 aromatic carbocycles. The molecule has 11 heteroatoms. The van der Waals surface area contributed by atoms with Gasteiger partial charge in [-0.1, -0.05) is 6.07 Å². The zero-order valence-electron chi connectivity index (χ0n) is 17.0. The van der Waals surface area contributed by atoms with E-state index in [9.17, 15) is 0 Å². The predicted molar refractivity (Wildman–Crippen MR) is 108 cm³/mol. The van der Waals surface area contributed by atoms with Gasteiger partial charge in [0.05, 0.1) is 25.6 Å². The van der Waals surface area contributed by atoms with Crippen LogP contribution >= 0.6 is 0 Å². The summed E-state index contributed by atoms with van der Waals surface area (Å²) in [5, 5.41) is 0. The van der Waals surface area contributed by atoms with Crippen molar-refractivity contribution in [3.8, 4) is 0 Å². The van der Waals surface area contributed by atoms with Gasteiger partial charge in [-0.3, -0.25) is 9.98 Å². The molecule has 0 N–H and O–H groups in total. The number of amidine groups is 2. The molecule has 0 spiro atoms. The fraction of sp³-hybridized carbons (Fsp3) is 0.190. The Kier molecular flexibility index (Phi) is 10.1. The number of allylic oxidation sites excluding steroid dienone is 2. The van der Waals surface area contributed by atoms with E-state index in [1.807, 2.05) is 54.7 Å². The van der Waals surface area contributed by atoms with Gasteiger partial charge in [0.1, 0.15) is 35.0 Å². The third-order valence-corrected chi connectivity index (χ3v) is 4.76. The average molecular weight is 529 g/mol. The molecule has 0 amide bonds. The molecule has 0 fully saturated rings. The minimum Gasteiger partial charge on any atom is -1.00 e. The number of hydrogen-bond acceptors (Lipinski definition) is 7. The second-order valence-electron chi connectivity index (χ2n) is 6.49. The Balaban J connectivity index is 0.00000128. The third kappa shape index (κ3) is 5.25. The van der Waals surface area contributed by atoms with Gasteiger partial charge >= 0.3 is 18.6 Å². The Bertz CT molecular complexity index is 1040. The number of nitrogens with zero attached hydrogens (tertiary/aromatic N) is 5. The number of aliphatic imine (C=N–C) groups is 4. The zero-order valence-corrected chi connectivity index (χ0v) is 20.6. The average Bonchev–Trinajstić information content (AvgIpc) is 3.36. The maximum Gasteiger partial charge on any atom is 3.00 e. The van der Waals surface area contributed by atoms with Gasteiger partial charge in [-0.15, -0.1) is 0 Å². The number of pyridine rings is 1. The summed E-state index contributed by atoms with van der Waals surface area (Å²) in [4.78, 5) is 23.3. The van der Waals surface area contributed by atoms with Gasteiger partial charge in [0.15, 0.2) is 11.7 Å². The van der Waals surface area contributed by atoms with Crippen molar-refractivity contribution in [3.05, 3.63) is 77.6 Å². The first-order valence-electron chi connectivity index (χ1n) is 8.92. The van der Waals surface area contributed by atoms with Crippen LogP contribution in [0.2, 0.25) is 0 Å². The number of halogens is 3. The molecular formula is C21H17Cl3N5O2V. The van der Waals surface area contributed by atoms with Crippen molar-refractivity contribution in [2.24, 2.45) is 20.0 Å². The van der Waals surface area contributed by atoms with Crippen LogP contribution < -0.4 is 37.2 Å². The molecule has 0 bridgehead atoms. The molecule has 2 aliphatic carbocycles. The Morgan fingerprint density at radius 2 is 1.12 bits per heavy atom. The van der Waals surface area contributed by atoms with Crippen molar-refractivity contribution in [1.82, 2.24) is 4.98 Å². The first-order valence-corrected chi connectivity index (χ1v) is 8.92. The molecular weight excluding hydrogens is 512 g/mol. The SMILES string of the molecule is COC1=CC2N=C(c3cccc(C4=NC5C=C(OC)C=CC5=N4)n3)N=C2C=C1.[Cl-].[Cl-].[Cl-].[V+3]. The molecule has 2 atom stereocenters. The Morgan fingerprint density at radius 1 is 0.688 bits per heavy atom. The number of methoxy groups -OCH3 is 2. The summed E-state index contributed by atoms with van der Waals surface area (Å²) in [5.41, 5.74) is 3.16. The van der Waals surface area contributed by atoms with Gasteiger partial charge in [0.25, 0.3) is 0 Å². The molecule has 7 nitrogen and oxygen atoms in total. The topological polar surface area (TPSA) is 80.8 Å². The largest absolute Gasteiger partial charge is 3.00 e. The molecule has 0 saturated carbocycles. The second-order valence-corrected chi connectivity index (χ2v) is 6.49. The molecule has 0 radical (unpaired) electrons. The molecule has 4 aliphatic rings. The van der Waals surface area contributed by atoms with E-state index in [0.717, 1.165) is 22.9 Å². The summed E-state index contributed by atoms with van der Waals surface area (Å²) in [7, 11) is 3.29. The summed E-state index contributed by atoms with van der Waals surface area (Å²) in [6.45, 7) is 0. The number of hydrogen-bond donors (Lipinski definition) is 0. The molecule has 1 aromatic rings. The minimum atomic E-state index is -0.130. The van der Waals surface area contributed by atoms with E-state index >= 15 is 0 Å². The fourth-order valence-electron chi connectivity index (χ4n) is 3.31. The van der Waals surface area contributed by atoms with Gasteiger partial charge < -0.3 is 46.7 Å². The standard InChI is InChI=1S/C21H17N5O2.3ClH.V/c1-27-12-6-8-14-18(10-12)25-20(23-14)16-4-3-5-17(22-16)21-24-15-9-7-13(28-2)11-19(15)26-21;;;;/h3-11,18-19H,1-2H3;3*1H;/q;;;;+3/p-3. The monoisotopic (exact) mass is 527 g/mol. The minimum absolute atomic E-state index is 0. The molecule has 164 valence electrons. The molecule has 3 heterocycles. The van der Waals surface area contributed by atoms with E-state index < -0.39 is 0 Å². The first kappa shape index (κ1) is 27.9. The molecule has 1 aromatic heterocycles. The quantitative estimate of drug-likeness (QED) is 0.390. The van der Waals surface area contributed by atoms with Crippen LogP contribution in [0.5, 0.6) is 0 Å². The Hall–Kier alpha value is -2.16. The van der Waals surface area contributed by atoms with E-state index in [2.05, 4.69) is 20.0 Å². The van der Waals surface area contributed by atoms with Crippen molar-refractivity contribution in [1.29, 1.82) is 0 Å². The number of ether oxygens (including phenoxy) is 2. The molecule has 2 unspecified atom stereocenters. The maximum atomic E-state index is 5.27. The van der Waals surface area contributed by atoms with Crippen LogP contribution in [-0.2, 0) is 28.0 Å². The van der Waals surface area contributed by atoms with Gasteiger partial charge in [0, 0.05) is 0 Å². The molecule has 5 rings (SSSR count). The van der Waals surface area contributed by atoms with Gasteiger partial charge in [-0.25, -0.2) is 15.0 Å². The summed E-state index contributed by atoms with van der Waals surface area (Å²) in [5.74, 6) is 2.77. The van der Waals surface area contributed by atoms with Crippen LogP contribution in [0.3, 0.4) is 0 Å². The van der Waals surface area contributed by atoms with Crippen LogP contribution in [0.1, 0.15) is 11.4 Å². The van der Waals surface area contributed by atoms with E-state index in [1.165, 1.54) is 0 Å². The van der Waals surface area contributed by atoms with Crippen molar-refractivity contribution >= 4 is 23.1 Å². The zero-order chi connectivity index (χ0) is 19.1. The summed E-state index contributed by atoms with van der Waals surface area (Å²) >= 11 is 0.